The van der Waals surface area contributed by atoms with Crippen LogP contribution in [0.25, 0.3) is 16.2 Å². The number of likely N-dealkylation sites (N-methyl/N-ethyl adjacent to an activating group) is 1. The molecule has 1 atom stereocenters. The molecule has 0 bridgehead atoms. The molecule has 1 saturated heterocycles. The van der Waals surface area contributed by atoms with Crippen molar-refractivity contribution < 1.29 is 18.7 Å². The lowest BCUT2D eigenvalue weighted by Gasteiger charge is -2.32. The minimum absolute atomic E-state index is 0.0622. The van der Waals surface area contributed by atoms with Crippen molar-refractivity contribution in [1.82, 2.24) is 19.5 Å². The zero-order valence-electron chi connectivity index (χ0n) is 21.4. The number of nitrogens with one attached hydrogen (secondary N) is 1. The Balaban J connectivity index is 1.54. The second-order valence-electron chi connectivity index (χ2n) is 10.1. The lowest BCUT2D eigenvalue weighted by molar-refractivity contribution is -0.151. The van der Waals surface area contributed by atoms with E-state index in [1.165, 1.54) is 23.5 Å². The lowest BCUT2D eigenvalue weighted by Crippen LogP contribution is -2.46. The zero-order valence-corrected chi connectivity index (χ0v) is 22.2. The normalized spacial score (nSPS) is 16.3. The number of carbonyl (C=O) groups is 2. The number of likely N-dealkylation sites (tertiary alicyclic amines) is 1. The molecule has 1 N–H and O–H groups in total. The van der Waals surface area contributed by atoms with Gasteiger partial charge in [0, 0.05) is 31.2 Å². The Labute approximate surface area is 214 Å². The Morgan fingerprint density at radius 1 is 1.33 bits per heavy atom. The molecular formula is C25H33FN6O3S. The van der Waals surface area contributed by atoms with Gasteiger partial charge in [0.05, 0.1) is 19.1 Å². The Morgan fingerprint density at radius 2 is 2.11 bits per heavy atom. The molecule has 1 unspecified atom stereocenters. The van der Waals surface area contributed by atoms with E-state index in [2.05, 4.69) is 5.32 Å². The van der Waals surface area contributed by atoms with Gasteiger partial charge in [0.25, 0.3) is 0 Å². The van der Waals surface area contributed by atoms with Crippen LogP contribution in [-0.2, 0) is 14.3 Å². The molecule has 1 fully saturated rings. The van der Waals surface area contributed by atoms with Gasteiger partial charge in [-0.2, -0.15) is 4.52 Å². The predicted molar refractivity (Wildman–Crippen MR) is 139 cm³/mol. The Kier molecular flexibility index (Phi) is 7.49. The monoisotopic (exact) mass is 516 g/mol. The van der Waals surface area contributed by atoms with Crippen molar-refractivity contribution in [2.45, 2.75) is 46.1 Å². The zero-order chi connectivity index (χ0) is 26.0. The van der Waals surface area contributed by atoms with Gasteiger partial charge in [0.1, 0.15) is 11.5 Å². The van der Waals surface area contributed by atoms with Crippen molar-refractivity contribution in [2.75, 3.05) is 43.5 Å². The van der Waals surface area contributed by atoms with Gasteiger partial charge in [-0.05, 0) is 52.7 Å². The number of rotatable bonds is 7. The van der Waals surface area contributed by atoms with Crippen LogP contribution in [-0.4, -0.2) is 70.2 Å². The number of nitrogens with zero attached hydrogens (tertiary/aromatic N) is 5. The average Bonchev–Trinajstić information content (AvgIpc) is 3.38. The van der Waals surface area contributed by atoms with Gasteiger partial charge in [-0.3, -0.25) is 9.59 Å². The van der Waals surface area contributed by atoms with Gasteiger partial charge in [0.2, 0.25) is 16.0 Å². The highest BCUT2D eigenvalue weighted by atomic mass is 32.1. The highest BCUT2D eigenvalue weighted by Gasteiger charge is 2.30. The summed E-state index contributed by atoms with van der Waals surface area (Å²) >= 11 is 1.35. The fourth-order valence-corrected chi connectivity index (χ4v) is 5.09. The first-order chi connectivity index (χ1) is 17.1. The van der Waals surface area contributed by atoms with Crippen LogP contribution in [0.1, 0.15) is 40.5 Å². The molecule has 11 heteroatoms. The molecule has 3 aromatic rings. The molecule has 36 heavy (non-hydrogen) atoms. The number of halogens is 1. The second-order valence-corrected chi connectivity index (χ2v) is 11.0. The SMILES string of the molecule is CCOC(=O)C1CCCN(C(=O)CN(C)c2nn3c(NC(C)(C)C)c(-c4cccc(F)c4)nc3s2)C1. The topological polar surface area (TPSA) is 92.1 Å². The number of esters is 1. The minimum Gasteiger partial charge on any atom is -0.466 e. The van der Waals surface area contributed by atoms with E-state index in [1.807, 2.05) is 33.9 Å². The number of anilines is 2. The first kappa shape index (κ1) is 25.9. The number of carbonyl (C=O) groups excluding carboxylic acids is 2. The molecule has 2 aromatic heterocycles. The van der Waals surface area contributed by atoms with Crippen LogP contribution in [0.3, 0.4) is 0 Å². The van der Waals surface area contributed by atoms with Gasteiger partial charge in [-0.1, -0.05) is 23.5 Å². The number of imidazole rings is 1. The molecule has 0 aliphatic carbocycles. The minimum atomic E-state index is -0.333. The van der Waals surface area contributed by atoms with Crippen molar-refractivity contribution in [2.24, 2.45) is 5.92 Å². The molecule has 1 amide bonds. The molecule has 1 aliphatic heterocycles. The molecule has 0 spiro atoms. The third-order valence-corrected chi connectivity index (χ3v) is 6.90. The van der Waals surface area contributed by atoms with Crippen molar-refractivity contribution in [1.29, 1.82) is 0 Å². The van der Waals surface area contributed by atoms with Crippen LogP contribution in [0, 0.1) is 11.7 Å². The highest BCUT2D eigenvalue weighted by Crippen LogP contribution is 2.34. The number of benzene rings is 1. The van der Waals surface area contributed by atoms with Gasteiger partial charge >= 0.3 is 5.97 Å². The smallest absolute Gasteiger partial charge is 0.310 e. The van der Waals surface area contributed by atoms with E-state index in [0.717, 1.165) is 12.8 Å². The van der Waals surface area contributed by atoms with E-state index in [0.29, 0.717) is 46.9 Å². The predicted octanol–water partition coefficient (Wildman–Crippen LogP) is 4.05. The third-order valence-electron chi connectivity index (χ3n) is 5.88. The largest absolute Gasteiger partial charge is 0.466 e. The molecule has 0 radical (unpaired) electrons. The summed E-state index contributed by atoms with van der Waals surface area (Å²) in [7, 11) is 1.81. The van der Waals surface area contributed by atoms with Gasteiger partial charge in [-0.15, -0.1) is 5.10 Å². The van der Waals surface area contributed by atoms with Gasteiger partial charge < -0.3 is 19.9 Å². The summed E-state index contributed by atoms with van der Waals surface area (Å²) in [6.07, 6.45) is 1.51. The van der Waals surface area contributed by atoms with E-state index < -0.39 is 0 Å². The first-order valence-electron chi connectivity index (χ1n) is 12.1. The van der Waals surface area contributed by atoms with Crippen LogP contribution >= 0.6 is 11.3 Å². The quantitative estimate of drug-likeness (QED) is 0.474. The van der Waals surface area contributed by atoms with Crippen LogP contribution in [0.4, 0.5) is 15.3 Å². The van der Waals surface area contributed by atoms with E-state index in [9.17, 15) is 14.0 Å². The summed E-state index contributed by atoms with van der Waals surface area (Å²) in [5, 5.41) is 8.81. The molecule has 3 heterocycles. The standard InChI is InChI=1S/C25H33FN6O3S/c1-6-35-22(34)17-10-8-12-31(14-17)19(33)15-30(5)24-29-32-21(28-25(2,3)4)20(27-23(32)36-24)16-9-7-11-18(26)13-16/h7,9,11,13,17,28H,6,8,10,12,14-15H2,1-5H3. The van der Waals surface area contributed by atoms with Gasteiger partial charge in [-0.25, -0.2) is 9.37 Å². The molecule has 0 saturated carbocycles. The molecular weight excluding hydrogens is 483 g/mol. The Hall–Kier alpha value is -3.21. The van der Waals surface area contributed by atoms with Crippen LogP contribution < -0.4 is 10.2 Å². The molecule has 1 aliphatic rings. The number of hydrogen-bond donors (Lipinski definition) is 1. The number of piperidine rings is 1. The maximum atomic E-state index is 13.9. The first-order valence-corrected chi connectivity index (χ1v) is 13.0. The number of amides is 1. The van der Waals surface area contributed by atoms with Gasteiger partial charge in [0.15, 0.2) is 5.82 Å². The van der Waals surface area contributed by atoms with E-state index in [1.54, 1.807) is 27.3 Å². The molecule has 9 nitrogen and oxygen atoms in total. The summed E-state index contributed by atoms with van der Waals surface area (Å²) in [4.78, 5) is 34.1. The summed E-state index contributed by atoms with van der Waals surface area (Å²) in [6.45, 7) is 9.35. The number of ether oxygens (including phenoxy) is 1. The van der Waals surface area contributed by atoms with E-state index >= 15 is 0 Å². The maximum absolute atomic E-state index is 13.9. The van der Waals surface area contributed by atoms with Crippen LogP contribution in [0.5, 0.6) is 0 Å². The number of hydrogen-bond acceptors (Lipinski definition) is 8. The van der Waals surface area contributed by atoms with E-state index in [4.69, 9.17) is 14.8 Å². The maximum Gasteiger partial charge on any atom is 0.310 e. The van der Waals surface area contributed by atoms with Crippen molar-refractivity contribution in [3.8, 4) is 11.3 Å². The summed E-state index contributed by atoms with van der Waals surface area (Å²) in [6, 6.07) is 6.33. The number of fused-ring (bicyclic) bond motifs is 1. The second kappa shape index (κ2) is 10.4. The summed E-state index contributed by atoms with van der Waals surface area (Å²) < 4.78 is 20.8. The van der Waals surface area contributed by atoms with Crippen molar-refractivity contribution in [3.05, 3.63) is 30.1 Å². The fourth-order valence-electron chi connectivity index (χ4n) is 4.22. The fraction of sp³-hybridized carbons (Fsp3) is 0.520. The summed E-state index contributed by atoms with van der Waals surface area (Å²) in [5.41, 5.74) is 0.991. The Bertz CT molecular complexity index is 1250. The van der Waals surface area contributed by atoms with E-state index in [-0.39, 0.29) is 35.7 Å². The Morgan fingerprint density at radius 3 is 2.81 bits per heavy atom. The molecule has 1 aromatic carbocycles. The van der Waals surface area contributed by atoms with Crippen LogP contribution in [0.15, 0.2) is 24.3 Å². The average molecular weight is 517 g/mol. The highest BCUT2D eigenvalue weighted by molar-refractivity contribution is 7.20. The van der Waals surface area contributed by atoms with Crippen LogP contribution in [0.2, 0.25) is 0 Å². The molecule has 4 rings (SSSR count). The summed E-state index contributed by atoms with van der Waals surface area (Å²) in [5.74, 6) is -0.243. The van der Waals surface area contributed by atoms with Crippen molar-refractivity contribution in [3.63, 3.8) is 0 Å². The molecule has 194 valence electrons. The van der Waals surface area contributed by atoms with Crippen molar-refractivity contribution >= 4 is 39.1 Å². The lowest BCUT2D eigenvalue weighted by atomic mass is 9.98. The third kappa shape index (κ3) is 5.77. The number of aromatic nitrogens is 3.